The van der Waals surface area contributed by atoms with E-state index >= 15 is 0 Å². The molecule has 0 aliphatic carbocycles. The molecule has 0 bridgehead atoms. The van der Waals surface area contributed by atoms with Crippen LogP contribution in [0.4, 0.5) is 51.2 Å². The number of furan rings is 2. The van der Waals surface area contributed by atoms with Gasteiger partial charge in [-0.05, 0) is 172 Å². The lowest BCUT2D eigenvalue weighted by molar-refractivity contribution is 0.487. The first-order valence-corrected chi connectivity index (χ1v) is 25.9. The Labute approximate surface area is 438 Å². The highest BCUT2D eigenvalue weighted by molar-refractivity contribution is 6.99. The SMILES string of the molecule is Cc1cc2c3c(c1)N(c1ccccc1)c1cc4c(cc1B3c1cc3oc5cc(N(c6ccccc6)c6ccc7ccccc7c6)ccc5c3cc1O2)oc1cc(N(c2ccccc2)c2ccc3ccccc3c2)ccc14. The third kappa shape index (κ3) is 6.62. The van der Waals surface area contributed by atoms with Crippen LogP contribution in [-0.2, 0) is 0 Å². The lowest BCUT2D eigenvalue weighted by Crippen LogP contribution is -2.59. The van der Waals surface area contributed by atoms with Crippen molar-refractivity contribution in [1.29, 1.82) is 0 Å². The van der Waals surface area contributed by atoms with Gasteiger partial charge in [0.2, 0.25) is 0 Å². The van der Waals surface area contributed by atoms with Gasteiger partial charge in [0.15, 0.2) is 0 Å². The number of nitrogens with zero attached hydrogens (tertiary/aromatic N) is 3. The summed E-state index contributed by atoms with van der Waals surface area (Å²) in [4.78, 5) is 7.02. The van der Waals surface area contributed by atoms with Crippen LogP contribution in [0, 0.1) is 6.92 Å². The van der Waals surface area contributed by atoms with Gasteiger partial charge in [-0.15, -0.1) is 0 Å². The lowest BCUT2D eigenvalue weighted by atomic mass is 9.34. The predicted molar refractivity (Wildman–Crippen MR) is 316 cm³/mol. The van der Waals surface area contributed by atoms with Crippen molar-refractivity contribution >= 4 is 140 Å². The number of para-hydroxylation sites is 3. The van der Waals surface area contributed by atoms with Crippen LogP contribution in [0.3, 0.4) is 0 Å². The standard InChI is InChI=1S/C69H44BN3O3/c1-43-33-62-69-68(34-43)76-67-40-58-56-32-30-54(72(49-21-7-3-8-22-49)52-28-26-45-16-12-14-18-47(45)36-52)38-64(56)75-66(58)42-60(67)70(69)59-41-65-57(39-61(59)73(62)50-23-9-4-10-24-50)55-31-29-53(37-63(55)74-65)71(48-19-5-2-6-20-48)51-27-25-44-15-11-13-17-46(44)35-51/h2-42H,1H3. The molecule has 7 heteroatoms. The molecule has 2 aliphatic rings. The van der Waals surface area contributed by atoms with Gasteiger partial charge in [-0.25, -0.2) is 0 Å². The first-order valence-electron chi connectivity index (χ1n) is 25.9. The van der Waals surface area contributed by atoms with E-state index in [2.05, 4.69) is 270 Å². The Balaban J connectivity index is 0.867. The number of aryl methyl sites for hydroxylation is 1. The highest BCUT2D eigenvalue weighted by Crippen LogP contribution is 2.47. The van der Waals surface area contributed by atoms with Crippen molar-refractivity contribution in [3.8, 4) is 11.5 Å². The van der Waals surface area contributed by atoms with Crippen molar-refractivity contribution in [2.45, 2.75) is 6.92 Å². The largest absolute Gasteiger partial charge is 0.458 e. The fourth-order valence-electron chi connectivity index (χ4n) is 12.2. The number of benzene rings is 12. The normalized spacial score (nSPS) is 12.6. The van der Waals surface area contributed by atoms with E-state index in [-0.39, 0.29) is 6.71 Å². The van der Waals surface area contributed by atoms with Gasteiger partial charge < -0.3 is 28.3 Å². The quantitative estimate of drug-likeness (QED) is 0.148. The minimum Gasteiger partial charge on any atom is -0.458 e. The van der Waals surface area contributed by atoms with E-state index in [1.807, 2.05) is 0 Å². The van der Waals surface area contributed by atoms with Crippen molar-refractivity contribution < 1.29 is 13.6 Å². The van der Waals surface area contributed by atoms with E-state index in [0.29, 0.717) is 0 Å². The maximum atomic E-state index is 7.11. The molecule has 0 spiro atoms. The van der Waals surface area contributed by atoms with E-state index in [1.165, 1.54) is 21.5 Å². The van der Waals surface area contributed by atoms with Crippen LogP contribution in [0.15, 0.2) is 258 Å². The second-order valence-electron chi connectivity index (χ2n) is 20.2. The van der Waals surface area contributed by atoms with Crippen LogP contribution in [0.25, 0.3) is 65.4 Å². The molecule has 0 radical (unpaired) electrons. The Morgan fingerprint density at radius 3 is 1.39 bits per heavy atom. The molecular weight excluding hydrogens is 930 g/mol. The fraction of sp³-hybridized carbons (Fsp3) is 0.0145. The van der Waals surface area contributed by atoms with Crippen LogP contribution in [0.2, 0.25) is 0 Å². The summed E-state index contributed by atoms with van der Waals surface area (Å²) in [6, 6.07) is 88.9. The van der Waals surface area contributed by atoms with Crippen LogP contribution >= 0.6 is 0 Å². The van der Waals surface area contributed by atoms with Gasteiger partial charge in [-0.1, -0.05) is 115 Å². The molecule has 16 rings (SSSR count). The van der Waals surface area contributed by atoms with E-state index in [9.17, 15) is 0 Å². The van der Waals surface area contributed by atoms with Crippen molar-refractivity contribution in [3.05, 3.63) is 254 Å². The summed E-state index contributed by atoms with van der Waals surface area (Å²) in [5.74, 6) is 1.67. The maximum absolute atomic E-state index is 7.11. The smallest absolute Gasteiger partial charge is 0.256 e. The zero-order chi connectivity index (χ0) is 50.0. The molecule has 14 aromatic rings. The van der Waals surface area contributed by atoms with Crippen molar-refractivity contribution in [1.82, 2.24) is 0 Å². The molecule has 4 heterocycles. The fourth-order valence-corrected chi connectivity index (χ4v) is 12.2. The molecule has 0 fully saturated rings. The first kappa shape index (κ1) is 42.5. The average molecular weight is 974 g/mol. The van der Waals surface area contributed by atoms with Crippen LogP contribution < -0.4 is 35.8 Å². The molecule has 0 saturated heterocycles. The summed E-state index contributed by atoms with van der Waals surface area (Å²) < 4.78 is 21.1. The summed E-state index contributed by atoms with van der Waals surface area (Å²) in [6.07, 6.45) is 0. The third-order valence-electron chi connectivity index (χ3n) is 15.6. The van der Waals surface area contributed by atoms with Crippen LogP contribution in [0.5, 0.6) is 11.5 Å². The minimum absolute atomic E-state index is 0.186. The molecular formula is C69H44BN3O3. The molecule has 6 nitrogen and oxygen atoms in total. The van der Waals surface area contributed by atoms with Gasteiger partial charge in [-0.2, -0.15) is 0 Å². The molecule has 0 saturated carbocycles. The Bertz CT molecular complexity index is 4670. The first-order chi connectivity index (χ1) is 37.5. The Morgan fingerprint density at radius 1 is 0.342 bits per heavy atom. The molecule has 2 aliphatic heterocycles. The van der Waals surface area contributed by atoms with E-state index in [4.69, 9.17) is 13.6 Å². The van der Waals surface area contributed by atoms with Crippen molar-refractivity contribution in [3.63, 3.8) is 0 Å². The van der Waals surface area contributed by atoms with Gasteiger partial charge in [0.05, 0.1) is 0 Å². The Morgan fingerprint density at radius 2 is 0.816 bits per heavy atom. The summed E-state index contributed by atoms with van der Waals surface area (Å²) in [5, 5.41) is 8.93. The minimum atomic E-state index is -0.186. The second-order valence-corrected chi connectivity index (χ2v) is 20.2. The average Bonchev–Trinajstić information content (AvgIpc) is 4.02. The van der Waals surface area contributed by atoms with Crippen molar-refractivity contribution in [2.75, 3.05) is 14.7 Å². The molecule has 0 N–H and O–H groups in total. The number of hydrogen-bond donors (Lipinski definition) is 0. The maximum Gasteiger partial charge on any atom is 0.256 e. The predicted octanol–water partition coefficient (Wildman–Crippen LogP) is 17.4. The number of ether oxygens (including phenoxy) is 1. The van der Waals surface area contributed by atoms with Gasteiger partial charge >= 0.3 is 0 Å². The van der Waals surface area contributed by atoms with Gasteiger partial charge in [0.1, 0.15) is 33.8 Å². The summed E-state index contributed by atoms with van der Waals surface area (Å²) in [6.45, 7) is 1.97. The third-order valence-corrected chi connectivity index (χ3v) is 15.6. The van der Waals surface area contributed by atoms with E-state index < -0.39 is 0 Å². The molecule has 2 aromatic heterocycles. The molecule has 12 aromatic carbocycles. The Hall–Kier alpha value is -9.98. The van der Waals surface area contributed by atoms with Gasteiger partial charge in [0.25, 0.3) is 6.71 Å². The van der Waals surface area contributed by atoms with Crippen molar-refractivity contribution in [2.24, 2.45) is 0 Å². The van der Waals surface area contributed by atoms with Crippen LogP contribution in [0.1, 0.15) is 5.56 Å². The lowest BCUT2D eigenvalue weighted by Gasteiger charge is -2.40. The van der Waals surface area contributed by atoms with E-state index in [0.717, 1.165) is 129 Å². The molecule has 0 atom stereocenters. The zero-order valence-electron chi connectivity index (χ0n) is 41.3. The highest BCUT2D eigenvalue weighted by atomic mass is 16.5. The summed E-state index contributed by atoms with van der Waals surface area (Å²) in [5.41, 5.74) is 17.2. The number of anilines is 9. The summed E-state index contributed by atoms with van der Waals surface area (Å²) >= 11 is 0. The van der Waals surface area contributed by atoms with E-state index in [1.54, 1.807) is 0 Å². The summed E-state index contributed by atoms with van der Waals surface area (Å²) in [7, 11) is 0. The molecule has 76 heavy (non-hydrogen) atoms. The molecule has 356 valence electrons. The molecule has 0 amide bonds. The zero-order valence-corrected chi connectivity index (χ0v) is 41.3. The monoisotopic (exact) mass is 973 g/mol. The van der Waals surface area contributed by atoms with Gasteiger partial charge in [0, 0.05) is 84.9 Å². The highest BCUT2D eigenvalue weighted by Gasteiger charge is 2.43. The number of rotatable bonds is 7. The number of fused-ring (bicyclic) bond motifs is 12. The molecule has 0 unspecified atom stereocenters. The topological polar surface area (TPSA) is 45.2 Å². The Kier molecular flexibility index (Phi) is 9.24. The second kappa shape index (κ2) is 16.5. The number of hydrogen-bond acceptors (Lipinski definition) is 6. The van der Waals surface area contributed by atoms with Gasteiger partial charge in [-0.3, -0.25) is 0 Å². The van der Waals surface area contributed by atoms with Crippen LogP contribution in [-0.4, -0.2) is 6.71 Å².